The van der Waals surface area contributed by atoms with Gasteiger partial charge in [0.2, 0.25) is 11.8 Å². The number of amides is 2. The minimum absolute atomic E-state index is 0.123. The SMILES string of the molecule is CCN(Cc1ccccc1)C(=O)C1CC1C(=O)N1CCN(c2ccccc2)CC1. The van der Waals surface area contributed by atoms with Crippen molar-refractivity contribution in [2.24, 2.45) is 11.8 Å². The number of anilines is 1. The van der Waals surface area contributed by atoms with Gasteiger partial charge in [-0.3, -0.25) is 9.59 Å². The van der Waals surface area contributed by atoms with Crippen molar-refractivity contribution in [2.75, 3.05) is 37.6 Å². The molecule has 2 amide bonds. The van der Waals surface area contributed by atoms with Gasteiger partial charge in [0, 0.05) is 45.0 Å². The molecule has 2 aliphatic rings. The van der Waals surface area contributed by atoms with Crippen LogP contribution in [0, 0.1) is 11.8 Å². The Kier molecular flexibility index (Phi) is 5.84. The summed E-state index contributed by atoms with van der Waals surface area (Å²) in [5, 5.41) is 0. The predicted octanol–water partition coefficient (Wildman–Crippen LogP) is 3.02. The molecule has 2 atom stereocenters. The molecule has 152 valence electrons. The number of piperazine rings is 1. The van der Waals surface area contributed by atoms with Gasteiger partial charge in [-0.25, -0.2) is 0 Å². The molecule has 1 saturated heterocycles. The fourth-order valence-electron chi connectivity index (χ4n) is 4.18. The molecular formula is C24H29N3O2. The Bertz CT molecular complexity index is 832. The molecule has 1 saturated carbocycles. The van der Waals surface area contributed by atoms with Crippen LogP contribution in [0.5, 0.6) is 0 Å². The summed E-state index contributed by atoms with van der Waals surface area (Å²) >= 11 is 0. The van der Waals surface area contributed by atoms with Crippen LogP contribution in [0.3, 0.4) is 0 Å². The summed E-state index contributed by atoms with van der Waals surface area (Å²) in [6.07, 6.45) is 0.696. The molecule has 2 fully saturated rings. The van der Waals surface area contributed by atoms with E-state index in [9.17, 15) is 9.59 Å². The van der Waals surface area contributed by atoms with Crippen LogP contribution in [0.2, 0.25) is 0 Å². The zero-order valence-corrected chi connectivity index (χ0v) is 17.0. The smallest absolute Gasteiger partial charge is 0.226 e. The fourth-order valence-corrected chi connectivity index (χ4v) is 4.18. The van der Waals surface area contributed by atoms with Gasteiger partial charge >= 0.3 is 0 Å². The normalized spacial score (nSPS) is 21.0. The van der Waals surface area contributed by atoms with Crippen LogP contribution >= 0.6 is 0 Å². The van der Waals surface area contributed by atoms with E-state index in [1.165, 1.54) is 5.69 Å². The van der Waals surface area contributed by atoms with Gasteiger partial charge in [0.05, 0.1) is 11.8 Å². The maximum Gasteiger partial charge on any atom is 0.226 e. The fraction of sp³-hybridized carbons (Fsp3) is 0.417. The second-order valence-corrected chi connectivity index (χ2v) is 7.93. The second kappa shape index (κ2) is 8.68. The van der Waals surface area contributed by atoms with Gasteiger partial charge in [-0.15, -0.1) is 0 Å². The van der Waals surface area contributed by atoms with E-state index in [2.05, 4.69) is 17.0 Å². The first-order chi connectivity index (χ1) is 14.2. The van der Waals surface area contributed by atoms with E-state index in [0.29, 0.717) is 19.5 Å². The molecule has 5 heteroatoms. The van der Waals surface area contributed by atoms with E-state index in [-0.39, 0.29) is 23.7 Å². The van der Waals surface area contributed by atoms with Crippen LogP contribution in [0.15, 0.2) is 60.7 Å². The van der Waals surface area contributed by atoms with Crippen molar-refractivity contribution in [3.8, 4) is 0 Å². The Hall–Kier alpha value is -2.82. The number of carbonyl (C=O) groups is 2. The van der Waals surface area contributed by atoms with Crippen molar-refractivity contribution in [3.05, 3.63) is 66.2 Å². The van der Waals surface area contributed by atoms with Gasteiger partial charge in [-0.1, -0.05) is 48.5 Å². The van der Waals surface area contributed by atoms with Gasteiger partial charge in [0.1, 0.15) is 0 Å². The molecule has 0 spiro atoms. The summed E-state index contributed by atoms with van der Waals surface area (Å²) in [5.74, 6) is 0.0124. The van der Waals surface area contributed by atoms with Crippen LogP contribution < -0.4 is 4.90 Å². The highest BCUT2D eigenvalue weighted by atomic mass is 16.2. The van der Waals surface area contributed by atoms with E-state index in [1.807, 2.05) is 65.3 Å². The van der Waals surface area contributed by atoms with Gasteiger partial charge in [-0.05, 0) is 31.0 Å². The topological polar surface area (TPSA) is 43.9 Å². The molecule has 0 N–H and O–H groups in total. The highest BCUT2D eigenvalue weighted by molar-refractivity contribution is 5.92. The summed E-state index contributed by atoms with van der Waals surface area (Å²) in [4.78, 5) is 32.0. The molecule has 2 aromatic rings. The van der Waals surface area contributed by atoms with E-state index >= 15 is 0 Å². The molecule has 1 aliphatic heterocycles. The van der Waals surface area contributed by atoms with Crippen molar-refractivity contribution < 1.29 is 9.59 Å². The number of benzene rings is 2. The molecule has 2 unspecified atom stereocenters. The van der Waals surface area contributed by atoms with Gasteiger partial charge in [-0.2, -0.15) is 0 Å². The maximum atomic E-state index is 12.9. The van der Waals surface area contributed by atoms with E-state index in [1.54, 1.807) is 0 Å². The van der Waals surface area contributed by atoms with Crippen LogP contribution in [0.25, 0.3) is 0 Å². The quantitative estimate of drug-likeness (QED) is 0.760. The van der Waals surface area contributed by atoms with Crippen molar-refractivity contribution >= 4 is 17.5 Å². The van der Waals surface area contributed by atoms with Gasteiger partial charge in [0.15, 0.2) is 0 Å². The zero-order chi connectivity index (χ0) is 20.2. The first-order valence-corrected chi connectivity index (χ1v) is 10.6. The van der Waals surface area contributed by atoms with Crippen molar-refractivity contribution in [1.82, 2.24) is 9.80 Å². The number of rotatable bonds is 6. The standard InChI is InChI=1S/C24H29N3O2/c1-2-25(18-19-9-5-3-6-10-19)23(28)21-17-22(21)24(29)27-15-13-26(14-16-27)20-11-7-4-8-12-20/h3-12,21-22H,2,13-18H2,1H3. The Morgan fingerprint density at radius 2 is 1.52 bits per heavy atom. The molecule has 5 nitrogen and oxygen atoms in total. The average molecular weight is 392 g/mol. The third-order valence-corrected chi connectivity index (χ3v) is 6.05. The molecule has 2 aromatic carbocycles. The third kappa shape index (κ3) is 4.44. The summed E-state index contributed by atoms with van der Waals surface area (Å²) in [6.45, 7) is 6.43. The minimum Gasteiger partial charge on any atom is -0.368 e. The van der Waals surface area contributed by atoms with Crippen LogP contribution in [-0.2, 0) is 16.1 Å². The molecule has 4 rings (SSSR count). The summed E-state index contributed by atoms with van der Waals surface area (Å²) in [7, 11) is 0. The molecule has 0 radical (unpaired) electrons. The monoisotopic (exact) mass is 391 g/mol. The first-order valence-electron chi connectivity index (χ1n) is 10.6. The average Bonchev–Trinajstić information content (AvgIpc) is 3.59. The largest absolute Gasteiger partial charge is 0.368 e. The van der Waals surface area contributed by atoms with Crippen molar-refractivity contribution in [1.29, 1.82) is 0 Å². The van der Waals surface area contributed by atoms with Crippen molar-refractivity contribution in [2.45, 2.75) is 19.9 Å². The zero-order valence-electron chi connectivity index (χ0n) is 17.0. The number of hydrogen-bond donors (Lipinski definition) is 0. The Morgan fingerprint density at radius 3 is 2.14 bits per heavy atom. The number of carbonyl (C=O) groups excluding carboxylic acids is 2. The first kappa shape index (κ1) is 19.5. The molecule has 0 bridgehead atoms. The molecule has 1 heterocycles. The Labute approximate surface area is 172 Å². The highest BCUT2D eigenvalue weighted by Gasteiger charge is 2.50. The lowest BCUT2D eigenvalue weighted by Gasteiger charge is -2.36. The number of para-hydroxylation sites is 1. The minimum atomic E-state index is -0.140. The Balaban J connectivity index is 1.29. The predicted molar refractivity (Wildman–Crippen MR) is 114 cm³/mol. The third-order valence-electron chi connectivity index (χ3n) is 6.05. The second-order valence-electron chi connectivity index (χ2n) is 7.93. The number of nitrogens with zero attached hydrogens (tertiary/aromatic N) is 3. The summed E-state index contributed by atoms with van der Waals surface area (Å²) < 4.78 is 0. The summed E-state index contributed by atoms with van der Waals surface area (Å²) in [5.41, 5.74) is 2.34. The van der Waals surface area contributed by atoms with Crippen LogP contribution in [-0.4, -0.2) is 54.3 Å². The molecular weight excluding hydrogens is 362 g/mol. The molecule has 0 aromatic heterocycles. The van der Waals surface area contributed by atoms with Gasteiger partial charge in [0.25, 0.3) is 0 Å². The van der Waals surface area contributed by atoms with E-state index in [4.69, 9.17) is 0 Å². The van der Waals surface area contributed by atoms with E-state index in [0.717, 1.165) is 31.7 Å². The lowest BCUT2D eigenvalue weighted by Crippen LogP contribution is -2.49. The van der Waals surface area contributed by atoms with Crippen molar-refractivity contribution in [3.63, 3.8) is 0 Å². The lowest BCUT2D eigenvalue weighted by molar-refractivity contribution is -0.138. The maximum absolute atomic E-state index is 12.9. The highest BCUT2D eigenvalue weighted by Crippen LogP contribution is 2.42. The summed E-state index contributed by atoms with van der Waals surface area (Å²) in [6, 6.07) is 20.4. The molecule has 29 heavy (non-hydrogen) atoms. The Morgan fingerprint density at radius 1 is 0.897 bits per heavy atom. The van der Waals surface area contributed by atoms with Gasteiger partial charge < -0.3 is 14.7 Å². The lowest BCUT2D eigenvalue weighted by atomic mass is 10.2. The molecule has 1 aliphatic carbocycles. The van der Waals surface area contributed by atoms with Crippen LogP contribution in [0.1, 0.15) is 18.9 Å². The van der Waals surface area contributed by atoms with E-state index < -0.39 is 0 Å². The number of hydrogen-bond acceptors (Lipinski definition) is 3. The van der Waals surface area contributed by atoms with Crippen LogP contribution in [0.4, 0.5) is 5.69 Å².